The minimum Gasteiger partial charge on any atom is -0.418 e. The molecule has 2 heterocycles. The summed E-state index contributed by atoms with van der Waals surface area (Å²) in [5.41, 5.74) is 2.00. The largest absolute Gasteiger partial charge is 0.418 e. The van der Waals surface area contributed by atoms with Crippen LogP contribution in [0.1, 0.15) is 24.1 Å². The highest BCUT2D eigenvalue weighted by Crippen LogP contribution is 2.35. The van der Waals surface area contributed by atoms with Gasteiger partial charge in [0, 0.05) is 0 Å². The second kappa shape index (κ2) is 7.85. The normalized spacial score (nSPS) is 12.6. The summed E-state index contributed by atoms with van der Waals surface area (Å²) in [6.07, 6.45) is 0. The molecule has 0 spiro atoms. The topological polar surface area (TPSA) is 72.2 Å². The van der Waals surface area contributed by atoms with Crippen LogP contribution in [0.5, 0.6) is 0 Å². The van der Waals surface area contributed by atoms with Gasteiger partial charge in [-0.25, -0.2) is 8.42 Å². The Morgan fingerprint density at radius 3 is 2.38 bits per heavy atom. The minimum absolute atomic E-state index is 0.104. The average molecular weight is 425 g/mol. The molecule has 0 aliphatic carbocycles. The maximum atomic E-state index is 13.3. The van der Waals surface area contributed by atoms with E-state index in [2.05, 4.69) is 10.3 Å². The number of benzene rings is 2. The van der Waals surface area contributed by atoms with Crippen LogP contribution < -0.4 is 5.32 Å². The van der Waals surface area contributed by atoms with Crippen molar-refractivity contribution in [2.24, 2.45) is 0 Å². The van der Waals surface area contributed by atoms with E-state index in [1.165, 1.54) is 11.3 Å². The van der Waals surface area contributed by atoms with Crippen LogP contribution in [0.4, 0.5) is 5.88 Å². The number of anilines is 1. The smallest absolute Gasteiger partial charge is 0.240 e. The summed E-state index contributed by atoms with van der Waals surface area (Å²) in [5, 5.41) is 4.98. The van der Waals surface area contributed by atoms with E-state index < -0.39 is 9.84 Å². The van der Waals surface area contributed by atoms with Gasteiger partial charge in [-0.3, -0.25) is 0 Å². The van der Waals surface area contributed by atoms with Gasteiger partial charge in [-0.15, -0.1) is 11.3 Å². The lowest BCUT2D eigenvalue weighted by Gasteiger charge is -2.14. The van der Waals surface area contributed by atoms with Gasteiger partial charge in [0.1, 0.15) is 0 Å². The maximum Gasteiger partial charge on any atom is 0.240 e. The molecule has 7 heteroatoms. The molecule has 0 bridgehead atoms. The number of sulfone groups is 1. The molecule has 0 aliphatic heterocycles. The van der Waals surface area contributed by atoms with E-state index in [0.717, 1.165) is 16.0 Å². The number of hydrogen-bond acceptors (Lipinski definition) is 6. The van der Waals surface area contributed by atoms with Crippen molar-refractivity contribution in [1.29, 1.82) is 0 Å². The average Bonchev–Trinajstić information content (AvgIpc) is 3.39. The zero-order chi connectivity index (χ0) is 20.4. The molecule has 0 saturated carbocycles. The minimum atomic E-state index is -3.85. The lowest BCUT2D eigenvalue weighted by atomic mass is 10.1. The second-order valence-corrected chi connectivity index (χ2v) is 9.54. The van der Waals surface area contributed by atoms with Gasteiger partial charge in [0.25, 0.3) is 0 Å². The summed E-state index contributed by atoms with van der Waals surface area (Å²) in [6, 6.07) is 20.1. The predicted octanol–water partition coefficient (Wildman–Crippen LogP) is 5.72. The molecular formula is C22H20N2O3S2. The number of hydrogen-bond donors (Lipinski definition) is 1. The number of nitrogens with zero attached hydrogens (tertiary/aromatic N) is 1. The van der Waals surface area contributed by atoms with Crippen LogP contribution in [0.2, 0.25) is 0 Å². The van der Waals surface area contributed by atoms with Gasteiger partial charge in [-0.2, -0.15) is 4.98 Å². The van der Waals surface area contributed by atoms with Crippen LogP contribution in [0.15, 0.2) is 86.4 Å². The standard InChI is InChI=1S/C22H20N2O3S2/c1-15-10-12-18(13-11-15)29(25,26)22-21(23-16(2)17-7-4-3-5-8-17)27-20(24-22)19-9-6-14-28-19/h3-14,16,23H,1-2H3. The summed E-state index contributed by atoms with van der Waals surface area (Å²) in [7, 11) is -3.85. The third-order valence-electron chi connectivity index (χ3n) is 4.56. The Bertz CT molecular complexity index is 1200. The molecule has 5 nitrogen and oxygen atoms in total. The molecule has 0 amide bonds. The van der Waals surface area contributed by atoms with Gasteiger partial charge >= 0.3 is 0 Å². The van der Waals surface area contributed by atoms with Crippen LogP contribution >= 0.6 is 11.3 Å². The lowest BCUT2D eigenvalue weighted by Crippen LogP contribution is -2.10. The molecule has 0 radical (unpaired) electrons. The van der Waals surface area contributed by atoms with Crippen LogP contribution in [-0.4, -0.2) is 13.4 Å². The first-order chi connectivity index (χ1) is 13.9. The van der Waals surface area contributed by atoms with Gasteiger partial charge in [0.2, 0.25) is 26.6 Å². The first-order valence-corrected chi connectivity index (χ1v) is 11.5. The van der Waals surface area contributed by atoms with E-state index in [4.69, 9.17) is 4.42 Å². The summed E-state index contributed by atoms with van der Waals surface area (Å²) >= 11 is 1.44. The molecule has 0 fully saturated rings. The third kappa shape index (κ3) is 3.97. The molecule has 0 saturated heterocycles. The van der Waals surface area contributed by atoms with Crippen LogP contribution in [0.25, 0.3) is 10.8 Å². The number of oxazole rings is 1. The SMILES string of the molecule is Cc1ccc(S(=O)(=O)c2nc(-c3cccs3)oc2NC(C)c2ccccc2)cc1. The molecule has 2 aromatic heterocycles. The number of thiophene rings is 1. The summed E-state index contributed by atoms with van der Waals surface area (Å²) in [4.78, 5) is 5.32. The third-order valence-corrected chi connectivity index (χ3v) is 7.10. The van der Waals surface area contributed by atoms with E-state index in [9.17, 15) is 8.42 Å². The molecular weight excluding hydrogens is 404 g/mol. The van der Waals surface area contributed by atoms with Crippen molar-refractivity contribution in [3.8, 4) is 10.8 Å². The highest BCUT2D eigenvalue weighted by molar-refractivity contribution is 7.91. The Hall–Kier alpha value is -2.90. The summed E-state index contributed by atoms with van der Waals surface area (Å²) in [6.45, 7) is 3.86. The van der Waals surface area contributed by atoms with Gasteiger partial charge in [0.15, 0.2) is 0 Å². The molecule has 0 aliphatic rings. The Balaban J connectivity index is 1.78. The number of aryl methyl sites for hydroxylation is 1. The highest BCUT2D eigenvalue weighted by Gasteiger charge is 2.29. The van der Waals surface area contributed by atoms with Gasteiger partial charge in [-0.1, -0.05) is 54.1 Å². The van der Waals surface area contributed by atoms with Crippen LogP contribution in [0, 0.1) is 6.92 Å². The molecule has 1 unspecified atom stereocenters. The van der Waals surface area contributed by atoms with Crippen molar-refractivity contribution >= 4 is 27.1 Å². The number of nitrogens with one attached hydrogen (secondary N) is 1. The molecule has 148 valence electrons. The molecule has 29 heavy (non-hydrogen) atoms. The van der Waals surface area contributed by atoms with Gasteiger partial charge in [-0.05, 0) is 43.0 Å². The van der Waals surface area contributed by atoms with Crippen molar-refractivity contribution in [2.45, 2.75) is 29.8 Å². The van der Waals surface area contributed by atoms with Crippen molar-refractivity contribution in [3.05, 3.63) is 83.2 Å². The highest BCUT2D eigenvalue weighted by atomic mass is 32.2. The quantitative estimate of drug-likeness (QED) is 0.429. The Morgan fingerprint density at radius 1 is 1.00 bits per heavy atom. The Morgan fingerprint density at radius 2 is 1.72 bits per heavy atom. The Kier molecular flexibility index (Phi) is 5.25. The van der Waals surface area contributed by atoms with Crippen molar-refractivity contribution in [2.75, 3.05) is 5.32 Å². The van der Waals surface area contributed by atoms with Crippen molar-refractivity contribution in [3.63, 3.8) is 0 Å². The molecule has 4 aromatic rings. The first-order valence-electron chi connectivity index (χ1n) is 9.13. The number of aromatic nitrogens is 1. The molecule has 1 N–H and O–H groups in total. The second-order valence-electron chi connectivity index (χ2n) is 6.72. The fraction of sp³-hybridized carbons (Fsp3) is 0.136. The summed E-state index contributed by atoms with van der Waals surface area (Å²) < 4.78 is 32.5. The predicted molar refractivity (Wildman–Crippen MR) is 115 cm³/mol. The zero-order valence-electron chi connectivity index (χ0n) is 16.0. The van der Waals surface area contributed by atoms with Gasteiger partial charge in [0.05, 0.1) is 15.8 Å². The summed E-state index contributed by atoms with van der Waals surface area (Å²) in [5.74, 6) is 0.429. The van der Waals surface area contributed by atoms with E-state index in [1.54, 1.807) is 24.3 Å². The molecule has 1 atom stereocenters. The monoisotopic (exact) mass is 424 g/mol. The lowest BCUT2D eigenvalue weighted by molar-refractivity contribution is 0.571. The van der Waals surface area contributed by atoms with Gasteiger partial charge < -0.3 is 9.73 Å². The zero-order valence-corrected chi connectivity index (χ0v) is 17.6. The van der Waals surface area contributed by atoms with E-state index in [-0.39, 0.29) is 27.7 Å². The Labute approximate surface area is 174 Å². The van der Waals surface area contributed by atoms with Crippen molar-refractivity contribution in [1.82, 2.24) is 4.98 Å². The van der Waals surface area contributed by atoms with Crippen LogP contribution in [-0.2, 0) is 9.84 Å². The molecule has 4 rings (SSSR count). The molecule has 2 aromatic carbocycles. The first kappa shape index (κ1) is 19.4. The van der Waals surface area contributed by atoms with Crippen LogP contribution in [0.3, 0.4) is 0 Å². The van der Waals surface area contributed by atoms with E-state index in [0.29, 0.717) is 0 Å². The van der Waals surface area contributed by atoms with E-state index in [1.807, 2.05) is 61.7 Å². The number of rotatable bonds is 6. The fourth-order valence-corrected chi connectivity index (χ4v) is 4.85. The fourth-order valence-electron chi connectivity index (χ4n) is 2.94. The van der Waals surface area contributed by atoms with E-state index >= 15 is 0 Å². The maximum absolute atomic E-state index is 13.3. The van der Waals surface area contributed by atoms with Crippen molar-refractivity contribution < 1.29 is 12.8 Å².